The van der Waals surface area contributed by atoms with E-state index >= 15 is 0 Å². The van der Waals surface area contributed by atoms with Crippen LogP contribution in [0.3, 0.4) is 0 Å². The predicted molar refractivity (Wildman–Crippen MR) is 85.5 cm³/mol. The Morgan fingerprint density at radius 2 is 1.91 bits per heavy atom. The molecule has 0 saturated carbocycles. The quantitative estimate of drug-likeness (QED) is 0.684. The van der Waals surface area contributed by atoms with Gasteiger partial charge in [-0.05, 0) is 17.2 Å². The van der Waals surface area contributed by atoms with Gasteiger partial charge in [0.15, 0.2) is 0 Å². The Kier molecular flexibility index (Phi) is 4.77. The molecule has 0 atom stereocenters. The summed E-state index contributed by atoms with van der Waals surface area (Å²) in [5, 5.41) is 4.24. The lowest BCUT2D eigenvalue weighted by Gasteiger charge is -2.26. The third-order valence-electron chi connectivity index (χ3n) is 3.07. The van der Waals surface area contributed by atoms with E-state index in [1.807, 2.05) is 35.2 Å². The first-order valence-corrected chi connectivity index (χ1v) is 7.27. The van der Waals surface area contributed by atoms with E-state index in [2.05, 4.69) is 25.5 Å². The first kappa shape index (κ1) is 14.7. The average Bonchev–Trinajstić information content (AvgIpc) is 2.56. The number of nitrogens with one attached hydrogen (secondary N) is 1. The maximum atomic E-state index is 5.95. The van der Waals surface area contributed by atoms with Gasteiger partial charge in [0.05, 0.1) is 19.4 Å². The first-order chi connectivity index (χ1) is 10.8. The largest absolute Gasteiger partial charge is 0.378 e. The molecule has 0 aliphatic carbocycles. The molecule has 1 aromatic carbocycles. The van der Waals surface area contributed by atoms with Crippen LogP contribution >= 0.6 is 11.6 Å². The van der Waals surface area contributed by atoms with Crippen molar-refractivity contribution in [3.05, 3.63) is 41.2 Å². The van der Waals surface area contributed by atoms with Gasteiger partial charge >= 0.3 is 0 Å². The van der Waals surface area contributed by atoms with Crippen molar-refractivity contribution in [3.8, 4) is 0 Å². The molecule has 0 spiro atoms. The van der Waals surface area contributed by atoms with E-state index in [1.54, 1.807) is 6.21 Å². The van der Waals surface area contributed by atoms with Crippen LogP contribution in [0.4, 0.5) is 11.9 Å². The van der Waals surface area contributed by atoms with Crippen LogP contribution in [0.1, 0.15) is 5.56 Å². The van der Waals surface area contributed by atoms with Crippen LogP contribution in [0, 0.1) is 0 Å². The Morgan fingerprint density at radius 3 is 2.68 bits per heavy atom. The highest BCUT2D eigenvalue weighted by Crippen LogP contribution is 2.15. The van der Waals surface area contributed by atoms with Crippen LogP contribution in [-0.2, 0) is 4.74 Å². The molecular weight excluding hydrogens is 304 g/mol. The standard InChI is InChI=1S/C14H15ClN6O/c15-12-17-13(20-16-10-11-4-2-1-3-5-11)19-14(18-12)21-6-8-22-9-7-21/h1-5,10H,6-9H2,(H,17,18,19,20)/b16-10+. The van der Waals surface area contributed by atoms with Gasteiger partial charge in [0.1, 0.15) is 0 Å². The Labute approximate surface area is 133 Å². The zero-order chi connectivity index (χ0) is 15.2. The monoisotopic (exact) mass is 318 g/mol. The number of hydrogen-bond donors (Lipinski definition) is 1. The second-order valence-corrected chi connectivity index (χ2v) is 4.95. The van der Waals surface area contributed by atoms with Crippen molar-refractivity contribution in [2.45, 2.75) is 0 Å². The summed E-state index contributed by atoms with van der Waals surface area (Å²) in [5.74, 6) is 0.842. The van der Waals surface area contributed by atoms with Gasteiger partial charge in [-0.15, -0.1) is 0 Å². The van der Waals surface area contributed by atoms with Crippen molar-refractivity contribution in [2.24, 2.45) is 5.10 Å². The minimum atomic E-state index is 0.133. The lowest BCUT2D eigenvalue weighted by atomic mass is 10.2. The molecule has 1 fully saturated rings. The fourth-order valence-corrected chi connectivity index (χ4v) is 2.15. The van der Waals surface area contributed by atoms with E-state index in [1.165, 1.54) is 0 Å². The summed E-state index contributed by atoms with van der Waals surface area (Å²) in [5.41, 5.74) is 3.75. The molecule has 1 aliphatic rings. The second-order valence-electron chi connectivity index (χ2n) is 4.61. The van der Waals surface area contributed by atoms with Crippen LogP contribution in [0.2, 0.25) is 5.28 Å². The third-order valence-corrected chi connectivity index (χ3v) is 3.24. The van der Waals surface area contributed by atoms with E-state index in [0.717, 1.165) is 18.7 Å². The van der Waals surface area contributed by atoms with E-state index in [4.69, 9.17) is 16.3 Å². The number of morpholine rings is 1. The van der Waals surface area contributed by atoms with Crippen molar-refractivity contribution in [1.29, 1.82) is 0 Å². The van der Waals surface area contributed by atoms with Crippen LogP contribution in [0.5, 0.6) is 0 Å². The molecule has 1 aliphatic heterocycles. The Bertz CT molecular complexity index is 645. The first-order valence-electron chi connectivity index (χ1n) is 6.90. The Morgan fingerprint density at radius 1 is 1.14 bits per heavy atom. The molecule has 0 unspecified atom stereocenters. The van der Waals surface area contributed by atoms with Crippen LogP contribution < -0.4 is 10.3 Å². The maximum Gasteiger partial charge on any atom is 0.249 e. The van der Waals surface area contributed by atoms with Gasteiger partial charge in [0, 0.05) is 13.1 Å². The molecule has 1 saturated heterocycles. The molecule has 114 valence electrons. The van der Waals surface area contributed by atoms with Crippen molar-refractivity contribution in [2.75, 3.05) is 36.6 Å². The van der Waals surface area contributed by atoms with Gasteiger partial charge in [-0.2, -0.15) is 20.1 Å². The molecule has 1 N–H and O–H groups in total. The van der Waals surface area contributed by atoms with Crippen LogP contribution in [0.15, 0.2) is 35.4 Å². The lowest BCUT2D eigenvalue weighted by Crippen LogP contribution is -2.37. The highest BCUT2D eigenvalue weighted by Gasteiger charge is 2.15. The summed E-state index contributed by atoms with van der Waals surface area (Å²) in [6, 6.07) is 9.73. The number of hydrazone groups is 1. The summed E-state index contributed by atoms with van der Waals surface area (Å²) in [6.45, 7) is 2.76. The zero-order valence-corrected chi connectivity index (χ0v) is 12.6. The third kappa shape index (κ3) is 3.90. The van der Waals surface area contributed by atoms with Crippen molar-refractivity contribution < 1.29 is 4.74 Å². The van der Waals surface area contributed by atoms with Crippen molar-refractivity contribution in [1.82, 2.24) is 15.0 Å². The maximum absolute atomic E-state index is 5.95. The number of rotatable bonds is 4. The Balaban J connectivity index is 1.70. The molecule has 7 nitrogen and oxygen atoms in total. The minimum absolute atomic E-state index is 0.133. The van der Waals surface area contributed by atoms with Crippen LogP contribution in [0.25, 0.3) is 0 Å². The van der Waals surface area contributed by atoms with Gasteiger partial charge in [0.25, 0.3) is 0 Å². The summed E-state index contributed by atoms with van der Waals surface area (Å²) in [6.07, 6.45) is 1.69. The summed E-state index contributed by atoms with van der Waals surface area (Å²) in [7, 11) is 0. The average molecular weight is 319 g/mol. The smallest absolute Gasteiger partial charge is 0.249 e. The SMILES string of the molecule is Clc1nc(N/N=C/c2ccccc2)nc(N2CCOCC2)n1. The molecule has 0 radical (unpaired) electrons. The summed E-state index contributed by atoms with van der Waals surface area (Å²) >= 11 is 5.95. The topological polar surface area (TPSA) is 75.5 Å². The number of hydrogen-bond acceptors (Lipinski definition) is 7. The van der Waals surface area contributed by atoms with Crippen LogP contribution in [-0.4, -0.2) is 47.5 Å². The molecule has 8 heteroatoms. The number of benzene rings is 1. The molecule has 2 heterocycles. The molecule has 0 bridgehead atoms. The molecule has 2 aromatic rings. The number of ether oxygens (including phenoxy) is 1. The summed E-state index contributed by atoms with van der Waals surface area (Å²) < 4.78 is 5.31. The molecule has 3 rings (SSSR count). The number of halogens is 1. The molecule has 1 aromatic heterocycles. The molecular formula is C14H15ClN6O. The van der Waals surface area contributed by atoms with Gasteiger partial charge in [-0.1, -0.05) is 30.3 Å². The predicted octanol–water partition coefficient (Wildman–Crippen LogP) is 1.81. The minimum Gasteiger partial charge on any atom is -0.378 e. The number of aromatic nitrogens is 3. The van der Waals surface area contributed by atoms with E-state index in [0.29, 0.717) is 25.1 Å². The van der Waals surface area contributed by atoms with Crippen molar-refractivity contribution >= 4 is 29.7 Å². The normalized spacial score (nSPS) is 15.2. The fraction of sp³-hybridized carbons (Fsp3) is 0.286. The van der Waals surface area contributed by atoms with Gasteiger partial charge < -0.3 is 9.64 Å². The molecule has 0 amide bonds. The number of anilines is 2. The number of nitrogens with zero attached hydrogens (tertiary/aromatic N) is 5. The second kappa shape index (κ2) is 7.15. The van der Waals surface area contributed by atoms with Crippen molar-refractivity contribution in [3.63, 3.8) is 0 Å². The van der Waals surface area contributed by atoms with E-state index < -0.39 is 0 Å². The van der Waals surface area contributed by atoms with Gasteiger partial charge in [-0.25, -0.2) is 5.43 Å². The molecule has 22 heavy (non-hydrogen) atoms. The Hall–Kier alpha value is -2.25. The van der Waals surface area contributed by atoms with E-state index in [9.17, 15) is 0 Å². The summed E-state index contributed by atoms with van der Waals surface area (Å²) in [4.78, 5) is 14.5. The van der Waals surface area contributed by atoms with Gasteiger partial charge in [-0.3, -0.25) is 0 Å². The van der Waals surface area contributed by atoms with Gasteiger partial charge in [0.2, 0.25) is 17.2 Å². The highest BCUT2D eigenvalue weighted by atomic mass is 35.5. The highest BCUT2D eigenvalue weighted by molar-refractivity contribution is 6.28. The fourth-order valence-electron chi connectivity index (χ4n) is 2.00. The van der Waals surface area contributed by atoms with E-state index in [-0.39, 0.29) is 5.28 Å². The lowest BCUT2D eigenvalue weighted by molar-refractivity contribution is 0.122. The zero-order valence-electron chi connectivity index (χ0n) is 11.8.